The molecule has 0 aliphatic carbocycles. The first kappa shape index (κ1) is 20.3. The Balaban J connectivity index is 1.69. The fraction of sp³-hybridized carbons (Fsp3) is 0.143. The Labute approximate surface area is 169 Å². The summed E-state index contributed by atoms with van der Waals surface area (Å²) in [5, 5.41) is 12.7. The first-order valence-electron chi connectivity index (χ1n) is 8.88. The fourth-order valence-electron chi connectivity index (χ4n) is 2.84. The molecule has 7 nitrogen and oxygen atoms in total. The van der Waals surface area contributed by atoms with E-state index in [1.165, 1.54) is 24.3 Å². The van der Waals surface area contributed by atoms with Crippen LogP contribution in [0.3, 0.4) is 0 Å². The molecule has 3 aromatic rings. The minimum Gasteiger partial charge on any atom is -0.493 e. The van der Waals surface area contributed by atoms with Crippen LogP contribution in [0.4, 0.5) is 5.69 Å². The number of rotatable bonds is 6. The lowest BCUT2D eigenvalue weighted by atomic mass is 10.1. The number of nitrogens with one attached hydrogen (secondary N) is 2. The van der Waals surface area contributed by atoms with Gasteiger partial charge in [0.05, 0.1) is 4.90 Å². The molecule has 29 heavy (non-hydrogen) atoms. The van der Waals surface area contributed by atoms with E-state index in [1.54, 1.807) is 37.3 Å². The Bertz CT molecular complexity index is 1110. The number of benzene rings is 2. The molecule has 0 aliphatic rings. The van der Waals surface area contributed by atoms with Crippen molar-refractivity contribution in [3.63, 3.8) is 0 Å². The van der Waals surface area contributed by atoms with E-state index in [4.69, 9.17) is 0 Å². The van der Waals surface area contributed by atoms with Gasteiger partial charge in [-0.25, -0.2) is 13.4 Å². The van der Waals surface area contributed by atoms with Crippen molar-refractivity contribution in [1.82, 2.24) is 10.3 Å². The number of nitrogens with zero attached hydrogens (tertiary/aromatic N) is 1. The zero-order valence-corrected chi connectivity index (χ0v) is 16.8. The van der Waals surface area contributed by atoms with Crippen LogP contribution in [0, 0.1) is 13.8 Å². The molecule has 1 aromatic heterocycles. The van der Waals surface area contributed by atoms with E-state index >= 15 is 0 Å². The van der Waals surface area contributed by atoms with Gasteiger partial charge in [-0.15, -0.1) is 0 Å². The van der Waals surface area contributed by atoms with Crippen molar-refractivity contribution in [3.8, 4) is 5.88 Å². The number of hydrogen-bond acceptors (Lipinski definition) is 5. The van der Waals surface area contributed by atoms with Crippen molar-refractivity contribution in [2.75, 3.05) is 4.72 Å². The van der Waals surface area contributed by atoms with Crippen molar-refractivity contribution < 1.29 is 18.3 Å². The molecular weight excluding hydrogens is 390 g/mol. The predicted molar refractivity (Wildman–Crippen MR) is 110 cm³/mol. The van der Waals surface area contributed by atoms with Gasteiger partial charge in [0.2, 0.25) is 5.88 Å². The number of para-hydroxylation sites is 1. The number of hydrogen-bond donors (Lipinski definition) is 3. The van der Waals surface area contributed by atoms with E-state index in [1.807, 2.05) is 13.0 Å². The Kier molecular flexibility index (Phi) is 5.84. The second kappa shape index (κ2) is 8.32. The van der Waals surface area contributed by atoms with Crippen molar-refractivity contribution in [3.05, 3.63) is 83.0 Å². The third-order valence-electron chi connectivity index (χ3n) is 4.33. The van der Waals surface area contributed by atoms with Gasteiger partial charge in [0.15, 0.2) is 0 Å². The first-order valence-corrected chi connectivity index (χ1v) is 10.4. The molecule has 1 heterocycles. The molecule has 8 heteroatoms. The minimum absolute atomic E-state index is 0.0501. The number of carbonyl (C=O) groups excluding carboxylic acids is 1. The summed E-state index contributed by atoms with van der Waals surface area (Å²) in [5.41, 5.74) is 2.81. The second-order valence-electron chi connectivity index (χ2n) is 6.56. The lowest BCUT2D eigenvalue weighted by Gasteiger charge is -2.11. The summed E-state index contributed by atoms with van der Waals surface area (Å²) >= 11 is 0. The molecule has 0 bridgehead atoms. The molecule has 0 unspecified atom stereocenters. The molecule has 0 aliphatic heterocycles. The van der Waals surface area contributed by atoms with Crippen molar-refractivity contribution in [1.29, 1.82) is 0 Å². The van der Waals surface area contributed by atoms with Gasteiger partial charge < -0.3 is 10.4 Å². The number of pyridine rings is 1. The van der Waals surface area contributed by atoms with E-state index < -0.39 is 10.0 Å². The summed E-state index contributed by atoms with van der Waals surface area (Å²) in [6.07, 6.45) is 0. The number of aryl methyl sites for hydroxylation is 2. The standard InChI is InChI=1S/C21H21N3O4S/c1-14-12-15(2)23-21(26)19(14)13-22-20(25)16-8-10-18(11-9-16)29(27,28)24-17-6-4-3-5-7-17/h3-12,24H,13H2,1-2H3,(H,22,25)(H,23,26). The van der Waals surface area contributed by atoms with Gasteiger partial charge >= 0.3 is 0 Å². The monoisotopic (exact) mass is 411 g/mol. The topological polar surface area (TPSA) is 108 Å². The van der Waals surface area contributed by atoms with Gasteiger partial charge in [0.1, 0.15) is 0 Å². The molecule has 0 fully saturated rings. The highest BCUT2D eigenvalue weighted by molar-refractivity contribution is 7.92. The molecule has 2 aromatic carbocycles. The summed E-state index contributed by atoms with van der Waals surface area (Å²) in [7, 11) is -3.75. The molecular formula is C21H21N3O4S. The third-order valence-corrected chi connectivity index (χ3v) is 5.73. The van der Waals surface area contributed by atoms with E-state index in [0.29, 0.717) is 22.5 Å². The normalized spacial score (nSPS) is 11.1. The Morgan fingerprint density at radius 3 is 2.31 bits per heavy atom. The maximum Gasteiger partial charge on any atom is 0.261 e. The predicted octanol–water partition coefficient (Wildman–Crippen LogP) is 3.13. The van der Waals surface area contributed by atoms with Gasteiger partial charge in [0, 0.05) is 29.1 Å². The fourth-order valence-corrected chi connectivity index (χ4v) is 3.90. The lowest BCUT2D eigenvalue weighted by molar-refractivity contribution is 0.0950. The SMILES string of the molecule is Cc1cc(C)c(CNC(=O)c2ccc(S(=O)(=O)Nc3ccccc3)cc2)c(O)n1. The van der Waals surface area contributed by atoms with Crippen LogP contribution in [0.2, 0.25) is 0 Å². The third kappa shape index (κ3) is 4.91. The molecule has 3 rings (SSSR count). The number of sulfonamides is 1. The van der Waals surface area contributed by atoms with Crippen LogP contribution in [-0.2, 0) is 16.6 Å². The molecule has 1 amide bonds. The zero-order chi connectivity index (χ0) is 21.0. The van der Waals surface area contributed by atoms with Gasteiger partial charge in [-0.2, -0.15) is 0 Å². The summed E-state index contributed by atoms with van der Waals surface area (Å²) in [4.78, 5) is 16.4. The van der Waals surface area contributed by atoms with Crippen LogP contribution in [0.1, 0.15) is 27.2 Å². The Morgan fingerprint density at radius 2 is 1.69 bits per heavy atom. The number of aromatic nitrogens is 1. The van der Waals surface area contributed by atoms with Gasteiger partial charge in [-0.05, 0) is 61.9 Å². The summed E-state index contributed by atoms with van der Waals surface area (Å²) < 4.78 is 27.4. The second-order valence-corrected chi connectivity index (χ2v) is 8.24. The van der Waals surface area contributed by atoms with Crippen LogP contribution in [0.5, 0.6) is 5.88 Å². The average molecular weight is 411 g/mol. The number of carbonyl (C=O) groups is 1. The molecule has 0 radical (unpaired) electrons. The van der Waals surface area contributed by atoms with E-state index in [9.17, 15) is 18.3 Å². The largest absolute Gasteiger partial charge is 0.493 e. The Hall–Kier alpha value is -3.39. The quantitative estimate of drug-likeness (QED) is 0.577. The van der Waals surface area contributed by atoms with Gasteiger partial charge in [-0.3, -0.25) is 9.52 Å². The minimum atomic E-state index is -3.75. The smallest absolute Gasteiger partial charge is 0.261 e. The molecule has 0 saturated carbocycles. The van der Waals surface area contributed by atoms with E-state index in [0.717, 1.165) is 5.56 Å². The first-order chi connectivity index (χ1) is 13.8. The lowest BCUT2D eigenvalue weighted by Crippen LogP contribution is -2.23. The van der Waals surface area contributed by atoms with Crippen molar-refractivity contribution >= 4 is 21.6 Å². The highest BCUT2D eigenvalue weighted by atomic mass is 32.2. The molecule has 150 valence electrons. The highest BCUT2D eigenvalue weighted by Crippen LogP contribution is 2.20. The highest BCUT2D eigenvalue weighted by Gasteiger charge is 2.16. The van der Waals surface area contributed by atoms with Crippen LogP contribution < -0.4 is 10.0 Å². The van der Waals surface area contributed by atoms with Crippen molar-refractivity contribution in [2.24, 2.45) is 0 Å². The van der Waals surface area contributed by atoms with Crippen molar-refractivity contribution in [2.45, 2.75) is 25.3 Å². The molecule has 0 spiro atoms. The van der Waals surface area contributed by atoms with Crippen LogP contribution >= 0.6 is 0 Å². The van der Waals surface area contributed by atoms with Crippen LogP contribution in [0.15, 0.2) is 65.6 Å². The van der Waals surface area contributed by atoms with Crippen LogP contribution in [0.25, 0.3) is 0 Å². The van der Waals surface area contributed by atoms with Gasteiger partial charge in [-0.1, -0.05) is 18.2 Å². The maximum atomic E-state index is 12.4. The number of anilines is 1. The van der Waals surface area contributed by atoms with Gasteiger partial charge in [0.25, 0.3) is 15.9 Å². The zero-order valence-electron chi connectivity index (χ0n) is 16.0. The Morgan fingerprint density at radius 1 is 1.03 bits per heavy atom. The van der Waals surface area contributed by atoms with E-state index in [-0.39, 0.29) is 23.2 Å². The molecule has 0 atom stereocenters. The van der Waals surface area contributed by atoms with Crippen LogP contribution in [-0.4, -0.2) is 24.4 Å². The van der Waals surface area contributed by atoms with E-state index in [2.05, 4.69) is 15.0 Å². The maximum absolute atomic E-state index is 12.4. The summed E-state index contributed by atoms with van der Waals surface area (Å²) in [6.45, 7) is 3.71. The summed E-state index contributed by atoms with van der Waals surface area (Å²) in [6, 6.07) is 16.0. The summed E-state index contributed by atoms with van der Waals surface area (Å²) in [5.74, 6) is -0.499. The molecule has 0 saturated heterocycles. The average Bonchev–Trinajstić information content (AvgIpc) is 2.67. The number of amides is 1. The number of aromatic hydroxyl groups is 1. The molecule has 3 N–H and O–H groups in total.